The minimum atomic E-state index is -0.525. The summed E-state index contributed by atoms with van der Waals surface area (Å²) in [6.07, 6.45) is 1.77. The van der Waals surface area contributed by atoms with Gasteiger partial charge in [0, 0.05) is 5.56 Å². The Bertz CT molecular complexity index is 1240. The highest BCUT2D eigenvalue weighted by molar-refractivity contribution is 6.12. The summed E-state index contributed by atoms with van der Waals surface area (Å²) >= 11 is 0. The van der Waals surface area contributed by atoms with E-state index < -0.39 is 5.97 Å². The normalized spacial score (nSPS) is 14.1. The smallest absolute Gasteiger partial charge is 0.363 e. The topological polar surface area (TPSA) is 74.2 Å². The molecule has 6 heteroatoms. The maximum absolute atomic E-state index is 12.4. The SMILES string of the molecule is CCOc1cc(/C=C2/N=C(c3cccc(C)c3)OC2=O)ccc1OC(=O)Cc1ccccc1. The van der Waals surface area contributed by atoms with Crippen LogP contribution in [0.1, 0.15) is 29.2 Å². The molecule has 0 radical (unpaired) electrons. The van der Waals surface area contributed by atoms with Gasteiger partial charge in [0.2, 0.25) is 5.90 Å². The molecule has 1 heterocycles. The molecule has 166 valence electrons. The Morgan fingerprint density at radius 3 is 2.58 bits per heavy atom. The van der Waals surface area contributed by atoms with Crippen LogP contribution in [0.5, 0.6) is 11.5 Å². The number of cyclic esters (lactones) is 1. The van der Waals surface area contributed by atoms with E-state index in [0.29, 0.717) is 23.7 Å². The van der Waals surface area contributed by atoms with Crippen LogP contribution in [0.3, 0.4) is 0 Å². The maximum Gasteiger partial charge on any atom is 0.363 e. The first-order valence-corrected chi connectivity index (χ1v) is 10.6. The van der Waals surface area contributed by atoms with Crippen LogP contribution >= 0.6 is 0 Å². The van der Waals surface area contributed by atoms with E-state index in [-0.39, 0.29) is 24.0 Å². The van der Waals surface area contributed by atoms with Crippen molar-refractivity contribution in [2.45, 2.75) is 20.3 Å². The van der Waals surface area contributed by atoms with E-state index in [4.69, 9.17) is 14.2 Å². The van der Waals surface area contributed by atoms with Gasteiger partial charge in [0.25, 0.3) is 0 Å². The molecule has 0 atom stereocenters. The molecule has 0 bridgehead atoms. The van der Waals surface area contributed by atoms with E-state index in [9.17, 15) is 9.59 Å². The van der Waals surface area contributed by atoms with Crippen molar-refractivity contribution in [2.75, 3.05) is 6.61 Å². The van der Waals surface area contributed by atoms with Crippen molar-refractivity contribution in [2.24, 2.45) is 4.99 Å². The number of hydrogen-bond donors (Lipinski definition) is 0. The number of carbonyl (C=O) groups excluding carboxylic acids is 2. The zero-order chi connectivity index (χ0) is 23.2. The quantitative estimate of drug-likeness (QED) is 0.297. The second-order valence-corrected chi connectivity index (χ2v) is 7.48. The Morgan fingerprint density at radius 1 is 1.00 bits per heavy atom. The predicted molar refractivity (Wildman–Crippen MR) is 125 cm³/mol. The number of esters is 2. The summed E-state index contributed by atoms with van der Waals surface area (Å²) in [6, 6.07) is 22.0. The van der Waals surface area contributed by atoms with Crippen molar-refractivity contribution in [3.63, 3.8) is 0 Å². The second-order valence-electron chi connectivity index (χ2n) is 7.48. The Balaban J connectivity index is 1.55. The monoisotopic (exact) mass is 441 g/mol. The molecule has 0 N–H and O–H groups in total. The summed E-state index contributed by atoms with van der Waals surface area (Å²) in [5.41, 5.74) is 3.50. The second kappa shape index (κ2) is 9.96. The van der Waals surface area contributed by atoms with Gasteiger partial charge in [-0.2, -0.15) is 0 Å². The van der Waals surface area contributed by atoms with Crippen LogP contribution in [-0.2, 0) is 20.7 Å². The molecule has 1 aliphatic heterocycles. The Kier molecular flexibility index (Phi) is 6.64. The lowest BCUT2D eigenvalue weighted by molar-refractivity contribution is -0.133. The number of rotatable bonds is 7. The van der Waals surface area contributed by atoms with Crippen molar-refractivity contribution >= 4 is 23.9 Å². The van der Waals surface area contributed by atoms with Crippen LogP contribution in [0.2, 0.25) is 0 Å². The van der Waals surface area contributed by atoms with Gasteiger partial charge in [-0.1, -0.05) is 54.1 Å². The summed E-state index contributed by atoms with van der Waals surface area (Å²) in [7, 11) is 0. The van der Waals surface area contributed by atoms with Crippen molar-refractivity contribution < 1.29 is 23.8 Å². The van der Waals surface area contributed by atoms with Gasteiger partial charge in [0.1, 0.15) is 0 Å². The minimum absolute atomic E-state index is 0.153. The molecule has 1 aliphatic rings. The fourth-order valence-electron chi connectivity index (χ4n) is 3.36. The zero-order valence-corrected chi connectivity index (χ0v) is 18.4. The molecular formula is C27H23NO5. The van der Waals surface area contributed by atoms with E-state index in [2.05, 4.69) is 4.99 Å². The van der Waals surface area contributed by atoms with Crippen LogP contribution in [-0.4, -0.2) is 24.4 Å². The van der Waals surface area contributed by atoms with E-state index >= 15 is 0 Å². The molecule has 0 fully saturated rings. The van der Waals surface area contributed by atoms with E-state index in [1.165, 1.54) is 0 Å². The molecule has 3 aromatic carbocycles. The molecule has 33 heavy (non-hydrogen) atoms. The van der Waals surface area contributed by atoms with Gasteiger partial charge in [-0.3, -0.25) is 4.79 Å². The average molecular weight is 441 g/mol. The fraction of sp³-hybridized carbons (Fsp3) is 0.148. The lowest BCUT2D eigenvalue weighted by Gasteiger charge is -2.11. The molecule has 0 saturated carbocycles. The first-order valence-electron chi connectivity index (χ1n) is 10.6. The standard InChI is InChI=1S/C27H23NO5/c1-3-31-24-16-20(12-13-23(24)32-25(29)17-19-9-5-4-6-10-19)15-22-27(30)33-26(28-22)21-11-7-8-18(2)14-21/h4-16H,3,17H2,1-2H3/b22-15+. The minimum Gasteiger partial charge on any atom is -0.490 e. The number of ether oxygens (including phenoxy) is 3. The Hall–Kier alpha value is -4.19. The maximum atomic E-state index is 12.4. The summed E-state index contributed by atoms with van der Waals surface area (Å²) in [5.74, 6) is 0.0784. The highest BCUT2D eigenvalue weighted by Gasteiger charge is 2.24. The van der Waals surface area contributed by atoms with Gasteiger partial charge in [-0.05, 0) is 55.3 Å². The van der Waals surface area contributed by atoms with Crippen molar-refractivity contribution in [1.29, 1.82) is 0 Å². The highest BCUT2D eigenvalue weighted by Crippen LogP contribution is 2.30. The van der Waals surface area contributed by atoms with Gasteiger partial charge in [-0.15, -0.1) is 0 Å². The van der Waals surface area contributed by atoms with Crippen LogP contribution in [0.15, 0.2) is 83.5 Å². The van der Waals surface area contributed by atoms with Gasteiger partial charge in [0.05, 0.1) is 13.0 Å². The number of aryl methyl sites for hydroxylation is 1. The van der Waals surface area contributed by atoms with Crippen molar-refractivity contribution in [3.05, 3.63) is 101 Å². The third-order valence-corrected chi connectivity index (χ3v) is 4.87. The molecular weight excluding hydrogens is 418 g/mol. The zero-order valence-electron chi connectivity index (χ0n) is 18.4. The molecule has 0 aromatic heterocycles. The van der Waals surface area contributed by atoms with Gasteiger partial charge in [-0.25, -0.2) is 9.79 Å². The van der Waals surface area contributed by atoms with E-state index in [0.717, 1.165) is 16.7 Å². The van der Waals surface area contributed by atoms with Crippen molar-refractivity contribution in [3.8, 4) is 11.5 Å². The van der Waals surface area contributed by atoms with Crippen molar-refractivity contribution in [1.82, 2.24) is 0 Å². The highest BCUT2D eigenvalue weighted by atomic mass is 16.6. The van der Waals surface area contributed by atoms with Gasteiger partial charge >= 0.3 is 11.9 Å². The average Bonchev–Trinajstić information content (AvgIpc) is 3.16. The number of benzene rings is 3. The van der Waals surface area contributed by atoms with E-state index in [1.807, 2.05) is 68.4 Å². The third-order valence-electron chi connectivity index (χ3n) is 4.87. The summed E-state index contributed by atoms with van der Waals surface area (Å²) < 4.78 is 16.5. The molecule has 6 nitrogen and oxygen atoms in total. The van der Waals surface area contributed by atoms with Crippen LogP contribution < -0.4 is 9.47 Å². The predicted octanol–water partition coefficient (Wildman–Crippen LogP) is 4.89. The summed E-state index contributed by atoms with van der Waals surface area (Å²) in [5, 5.41) is 0. The molecule has 0 amide bonds. The number of nitrogens with zero attached hydrogens (tertiary/aromatic N) is 1. The molecule has 0 unspecified atom stereocenters. The Morgan fingerprint density at radius 2 is 1.82 bits per heavy atom. The first kappa shape index (κ1) is 22.0. The molecule has 0 spiro atoms. The van der Waals surface area contributed by atoms with Crippen LogP contribution in [0.4, 0.5) is 0 Å². The van der Waals surface area contributed by atoms with Crippen LogP contribution in [0.25, 0.3) is 6.08 Å². The largest absolute Gasteiger partial charge is 0.490 e. The van der Waals surface area contributed by atoms with Gasteiger partial charge in [0.15, 0.2) is 17.2 Å². The number of aliphatic imine (C=N–C) groups is 1. The fourth-order valence-corrected chi connectivity index (χ4v) is 3.36. The lowest BCUT2D eigenvalue weighted by Crippen LogP contribution is -2.12. The number of carbonyl (C=O) groups is 2. The summed E-state index contributed by atoms with van der Waals surface area (Å²) in [6.45, 7) is 4.19. The molecule has 0 saturated heterocycles. The first-order chi connectivity index (χ1) is 16.0. The molecule has 3 aromatic rings. The van der Waals surface area contributed by atoms with Gasteiger partial charge < -0.3 is 14.2 Å². The Labute approximate surface area is 192 Å². The number of hydrogen-bond acceptors (Lipinski definition) is 6. The molecule has 0 aliphatic carbocycles. The lowest BCUT2D eigenvalue weighted by atomic mass is 10.1. The third kappa shape index (κ3) is 5.54. The summed E-state index contributed by atoms with van der Waals surface area (Å²) in [4.78, 5) is 29.1. The van der Waals surface area contributed by atoms with Crippen LogP contribution in [0, 0.1) is 6.92 Å². The molecule has 4 rings (SSSR count). The van der Waals surface area contributed by atoms with E-state index in [1.54, 1.807) is 24.3 Å².